The third-order valence-corrected chi connectivity index (χ3v) is 3.13. The van der Waals surface area contributed by atoms with Gasteiger partial charge in [-0.25, -0.2) is 0 Å². The Morgan fingerprint density at radius 1 is 1.39 bits per heavy atom. The van der Waals surface area contributed by atoms with Crippen molar-refractivity contribution in [1.82, 2.24) is 0 Å². The Bertz CT molecular complexity index is 458. The number of aryl methyl sites for hydroxylation is 1. The van der Waals surface area contributed by atoms with E-state index < -0.39 is 0 Å². The molecule has 0 saturated carbocycles. The Balaban J connectivity index is 1.86. The van der Waals surface area contributed by atoms with Gasteiger partial charge in [0.2, 0.25) is 0 Å². The second-order valence-corrected chi connectivity index (χ2v) is 4.43. The van der Waals surface area contributed by atoms with Crippen LogP contribution in [0.3, 0.4) is 0 Å². The van der Waals surface area contributed by atoms with Gasteiger partial charge in [-0.1, -0.05) is 18.2 Å². The maximum atomic E-state index is 10.9. The molecule has 5 heteroatoms. The molecule has 0 amide bonds. The van der Waals surface area contributed by atoms with Crippen LogP contribution in [0, 0.1) is 10.1 Å². The molecule has 1 aliphatic heterocycles. The van der Waals surface area contributed by atoms with Crippen molar-refractivity contribution < 1.29 is 14.5 Å². The highest BCUT2D eigenvalue weighted by Crippen LogP contribution is 2.23. The second kappa shape index (κ2) is 5.62. The second-order valence-electron chi connectivity index (χ2n) is 4.43. The lowest BCUT2D eigenvalue weighted by atomic mass is 10.0. The highest BCUT2D eigenvalue weighted by atomic mass is 16.6. The van der Waals surface area contributed by atoms with E-state index in [1.807, 2.05) is 0 Å². The summed E-state index contributed by atoms with van der Waals surface area (Å²) in [7, 11) is 0. The number of benzene rings is 1. The first-order valence-corrected chi connectivity index (χ1v) is 6.08. The molecular formula is C13H15NO4. The molecule has 18 heavy (non-hydrogen) atoms. The molecule has 1 aliphatic rings. The molecule has 96 valence electrons. The van der Waals surface area contributed by atoms with E-state index in [-0.39, 0.29) is 22.7 Å². The molecule has 0 aliphatic carbocycles. The number of carbonyl (C=O) groups is 1. The number of nitrogens with zero attached hydrogens (tertiary/aromatic N) is 1. The van der Waals surface area contributed by atoms with Gasteiger partial charge in [0.25, 0.3) is 5.69 Å². The molecule has 0 bridgehead atoms. The van der Waals surface area contributed by atoms with Crippen LogP contribution in [0.4, 0.5) is 5.69 Å². The summed E-state index contributed by atoms with van der Waals surface area (Å²) in [5.74, 6) is -0.134. The van der Waals surface area contributed by atoms with E-state index in [1.54, 1.807) is 18.2 Å². The maximum Gasteiger partial charge on any atom is 0.306 e. The summed E-state index contributed by atoms with van der Waals surface area (Å²) in [6, 6.07) is 6.77. The fourth-order valence-corrected chi connectivity index (χ4v) is 2.21. The lowest BCUT2D eigenvalue weighted by molar-refractivity contribution is -0.385. The molecule has 1 fully saturated rings. The van der Waals surface area contributed by atoms with E-state index in [0.717, 1.165) is 24.8 Å². The van der Waals surface area contributed by atoms with Crippen LogP contribution >= 0.6 is 0 Å². The van der Waals surface area contributed by atoms with Gasteiger partial charge in [-0.15, -0.1) is 0 Å². The fraction of sp³-hybridized carbons (Fsp3) is 0.462. The van der Waals surface area contributed by atoms with Crippen molar-refractivity contribution in [1.29, 1.82) is 0 Å². The summed E-state index contributed by atoms with van der Waals surface area (Å²) in [6.45, 7) is 0. The van der Waals surface area contributed by atoms with Gasteiger partial charge in [-0.3, -0.25) is 14.9 Å². The Hall–Kier alpha value is -1.91. The predicted molar refractivity (Wildman–Crippen MR) is 65.1 cm³/mol. The first-order chi connectivity index (χ1) is 8.66. The molecule has 0 N–H and O–H groups in total. The number of nitro benzene ring substituents is 1. The normalized spacial score (nSPS) is 18.7. The zero-order valence-electron chi connectivity index (χ0n) is 10.0. The third-order valence-electron chi connectivity index (χ3n) is 3.13. The van der Waals surface area contributed by atoms with Crippen LogP contribution in [-0.2, 0) is 16.0 Å². The van der Waals surface area contributed by atoms with Gasteiger partial charge in [0, 0.05) is 18.1 Å². The monoisotopic (exact) mass is 249 g/mol. The Morgan fingerprint density at radius 3 is 2.83 bits per heavy atom. The number of cyclic esters (lactones) is 1. The predicted octanol–water partition coefficient (Wildman–Crippen LogP) is 2.62. The van der Waals surface area contributed by atoms with Crippen LogP contribution in [0.15, 0.2) is 24.3 Å². The molecule has 1 unspecified atom stereocenters. The van der Waals surface area contributed by atoms with E-state index >= 15 is 0 Å². The third kappa shape index (κ3) is 3.06. The van der Waals surface area contributed by atoms with Gasteiger partial charge < -0.3 is 4.74 Å². The zero-order valence-corrected chi connectivity index (χ0v) is 10.0. The molecule has 1 saturated heterocycles. The number of hydrogen-bond acceptors (Lipinski definition) is 4. The number of para-hydroxylation sites is 1. The summed E-state index contributed by atoms with van der Waals surface area (Å²) >= 11 is 0. The lowest BCUT2D eigenvalue weighted by Crippen LogP contribution is -2.07. The smallest absolute Gasteiger partial charge is 0.306 e. The molecule has 2 rings (SSSR count). The quantitative estimate of drug-likeness (QED) is 0.457. The summed E-state index contributed by atoms with van der Waals surface area (Å²) < 4.78 is 5.10. The Morgan fingerprint density at radius 2 is 2.17 bits per heavy atom. The average molecular weight is 249 g/mol. The van der Waals surface area contributed by atoms with Crippen molar-refractivity contribution in [2.24, 2.45) is 0 Å². The molecular weight excluding hydrogens is 234 g/mol. The fourth-order valence-electron chi connectivity index (χ4n) is 2.21. The van der Waals surface area contributed by atoms with Gasteiger partial charge in [0.15, 0.2) is 0 Å². The summed E-state index contributed by atoms with van der Waals surface area (Å²) in [4.78, 5) is 21.4. The van der Waals surface area contributed by atoms with E-state index in [4.69, 9.17) is 4.74 Å². The van der Waals surface area contributed by atoms with Crippen LogP contribution in [-0.4, -0.2) is 17.0 Å². The minimum absolute atomic E-state index is 0.000248. The SMILES string of the molecule is O=C1CCC(CCCc2ccccc2[N+](=O)[O-])O1. The van der Waals surface area contributed by atoms with Crippen LogP contribution in [0.1, 0.15) is 31.2 Å². The summed E-state index contributed by atoms with van der Waals surface area (Å²) in [5, 5.41) is 10.8. The van der Waals surface area contributed by atoms with E-state index in [0.29, 0.717) is 12.8 Å². The van der Waals surface area contributed by atoms with Gasteiger partial charge in [0.1, 0.15) is 6.10 Å². The van der Waals surface area contributed by atoms with Gasteiger partial charge in [-0.2, -0.15) is 0 Å². The molecule has 5 nitrogen and oxygen atoms in total. The standard InChI is InChI=1S/C13H15NO4/c15-13-9-8-11(18-13)6-3-5-10-4-1-2-7-12(10)14(16)17/h1-2,4,7,11H,3,5-6,8-9H2. The highest BCUT2D eigenvalue weighted by molar-refractivity contribution is 5.71. The minimum atomic E-state index is -0.356. The molecule has 1 aromatic rings. The number of ether oxygens (including phenoxy) is 1. The molecule has 0 radical (unpaired) electrons. The maximum absolute atomic E-state index is 10.9. The molecule has 0 aromatic heterocycles. The largest absolute Gasteiger partial charge is 0.462 e. The van der Waals surface area contributed by atoms with Gasteiger partial charge in [0.05, 0.1) is 4.92 Å². The van der Waals surface area contributed by atoms with E-state index in [1.165, 1.54) is 6.07 Å². The van der Waals surface area contributed by atoms with Crippen molar-refractivity contribution in [2.45, 2.75) is 38.2 Å². The number of rotatable bonds is 5. The molecule has 0 spiro atoms. The first-order valence-electron chi connectivity index (χ1n) is 6.08. The lowest BCUT2D eigenvalue weighted by Gasteiger charge is -2.08. The topological polar surface area (TPSA) is 69.4 Å². The van der Waals surface area contributed by atoms with E-state index in [2.05, 4.69) is 0 Å². The zero-order chi connectivity index (χ0) is 13.0. The highest BCUT2D eigenvalue weighted by Gasteiger charge is 2.23. The van der Waals surface area contributed by atoms with Crippen molar-refractivity contribution in [2.75, 3.05) is 0 Å². The van der Waals surface area contributed by atoms with Crippen molar-refractivity contribution in [3.63, 3.8) is 0 Å². The van der Waals surface area contributed by atoms with Crippen LogP contribution in [0.2, 0.25) is 0 Å². The molecule has 1 atom stereocenters. The van der Waals surface area contributed by atoms with Crippen LogP contribution in [0.25, 0.3) is 0 Å². The summed E-state index contributed by atoms with van der Waals surface area (Å²) in [5.41, 5.74) is 0.910. The Labute approximate surface area is 105 Å². The van der Waals surface area contributed by atoms with Crippen molar-refractivity contribution in [3.05, 3.63) is 39.9 Å². The summed E-state index contributed by atoms with van der Waals surface area (Å²) in [6.07, 6.45) is 3.48. The Kier molecular flexibility index (Phi) is 3.92. The first kappa shape index (κ1) is 12.5. The number of hydrogen-bond donors (Lipinski definition) is 0. The number of carbonyl (C=O) groups excluding carboxylic acids is 1. The number of nitro groups is 1. The molecule has 1 aromatic carbocycles. The van der Waals surface area contributed by atoms with Gasteiger partial charge >= 0.3 is 5.97 Å². The molecule has 1 heterocycles. The minimum Gasteiger partial charge on any atom is -0.462 e. The average Bonchev–Trinajstić information content (AvgIpc) is 2.75. The van der Waals surface area contributed by atoms with Crippen LogP contribution < -0.4 is 0 Å². The van der Waals surface area contributed by atoms with Gasteiger partial charge in [-0.05, 0) is 25.7 Å². The van der Waals surface area contributed by atoms with Crippen molar-refractivity contribution >= 4 is 11.7 Å². The number of esters is 1. The van der Waals surface area contributed by atoms with Crippen molar-refractivity contribution in [3.8, 4) is 0 Å². The van der Waals surface area contributed by atoms with Crippen LogP contribution in [0.5, 0.6) is 0 Å². The van der Waals surface area contributed by atoms with E-state index in [9.17, 15) is 14.9 Å².